The Bertz CT molecular complexity index is 6130. The molecule has 14 aromatic rings. The second-order valence-corrected chi connectivity index (χ2v) is 52.3. The van der Waals surface area contributed by atoms with E-state index >= 15 is 0 Å². The van der Waals surface area contributed by atoms with E-state index in [9.17, 15) is 25.5 Å². The Hall–Kier alpha value is -9.29. The highest BCUT2D eigenvalue weighted by molar-refractivity contribution is 7.12. The predicted octanol–water partition coefficient (Wildman–Crippen LogP) is 25.4. The van der Waals surface area contributed by atoms with Gasteiger partial charge in [-0.1, -0.05) is 71.1 Å². The molecular formula is C119H147N19O5S7. The molecule has 24 nitrogen and oxygen atoms in total. The number of hydrogen-bond donors (Lipinski definition) is 5. The van der Waals surface area contributed by atoms with Gasteiger partial charge in [0.25, 0.3) is 0 Å². The molecule has 15 aliphatic heterocycles. The molecule has 150 heavy (non-hydrogen) atoms. The number of aromatic nitrogens is 14. The Labute approximate surface area is 910 Å². The molecule has 0 radical (unpaired) electrons. The topological polar surface area (TPSA) is 242 Å². The molecule has 14 aromatic heterocycles. The summed E-state index contributed by atoms with van der Waals surface area (Å²) in [4.78, 5) is 52.9. The zero-order valence-corrected chi connectivity index (χ0v) is 92.3. The van der Waals surface area contributed by atoms with Gasteiger partial charge in [0, 0.05) is 141 Å². The minimum absolute atomic E-state index is 0.177. The smallest absolute Gasteiger partial charge is 0.0957 e. The first-order chi connectivity index (χ1) is 73.7. The summed E-state index contributed by atoms with van der Waals surface area (Å²) >= 11 is 12.8. The van der Waals surface area contributed by atoms with Crippen molar-refractivity contribution in [1.82, 2.24) is 91.4 Å². The number of aliphatic hydroxyl groups excluding tert-OH is 5. The highest BCUT2D eigenvalue weighted by atomic mass is 32.1. The lowest BCUT2D eigenvalue weighted by molar-refractivity contribution is 0.0403. The number of likely N-dealkylation sites (tertiary alicyclic amines) is 2. The van der Waals surface area contributed by atoms with Gasteiger partial charge in [-0.2, -0.15) is 0 Å². The van der Waals surface area contributed by atoms with Crippen molar-refractivity contribution >= 4 is 79.4 Å². The Kier molecular flexibility index (Phi) is 30.3. The molecule has 8 saturated heterocycles. The average molecular weight is 2150 g/mol. The summed E-state index contributed by atoms with van der Waals surface area (Å²) in [6.45, 7) is 23.4. The van der Waals surface area contributed by atoms with Gasteiger partial charge in [-0.05, 0) is 309 Å². The maximum Gasteiger partial charge on any atom is 0.0957 e. The van der Waals surface area contributed by atoms with Crippen molar-refractivity contribution in [3.63, 3.8) is 0 Å². The van der Waals surface area contributed by atoms with E-state index in [1.54, 1.807) is 34.0 Å². The third-order valence-electron chi connectivity index (χ3n) is 37.4. The maximum atomic E-state index is 11.0. The average Bonchev–Trinajstić information content (AvgIpc) is 1.60. The van der Waals surface area contributed by atoms with Gasteiger partial charge in [-0.15, -0.1) is 79.4 Å². The largest absolute Gasteiger partial charge is 0.393 e. The van der Waals surface area contributed by atoms with Gasteiger partial charge < -0.3 is 82.0 Å². The molecule has 18 atom stereocenters. The number of nitrogens with zero attached hydrogens (tertiary/aromatic N) is 19. The van der Waals surface area contributed by atoms with E-state index in [0.717, 1.165) is 110 Å². The minimum atomic E-state index is -0.241. The van der Waals surface area contributed by atoms with Crippen LogP contribution in [0, 0.1) is 29.6 Å². The number of aliphatic hydroxyl groups is 5. The van der Waals surface area contributed by atoms with Crippen LogP contribution in [-0.2, 0) is 0 Å². The van der Waals surface area contributed by atoms with Crippen molar-refractivity contribution in [3.05, 3.63) is 239 Å². The first-order valence-electron chi connectivity index (χ1n) is 56.6. The molecule has 5 N–H and O–H groups in total. The Morgan fingerprint density at radius 3 is 0.707 bits per heavy atom. The van der Waals surface area contributed by atoms with Crippen molar-refractivity contribution in [1.29, 1.82) is 0 Å². The molecule has 2 saturated carbocycles. The van der Waals surface area contributed by atoms with Crippen LogP contribution >= 0.6 is 79.4 Å². The van der Waals surface area contributed by atoms with Crippen LogP contribution in [0.4, 0.5) is 0 Å². The number of thiophene rings is 7. The SMILES string of the molecule is C=C1CC[C@H]2C[C@H]([C@@H](O)C[C@@H]3c4sccc4-c4cncn43)CCN12.C=C1CC[C@H]2C[C@H]([C@H](O)C[C@@H]3c4sccc4-c4cncn43)CCN12.C=C1CC[C@H]2C[C@H]([C@H](O)C[C@H]3c4sccc4-c4cncn43)CCN12.O[C@@H](C[C@@H]1c2sccc2-c2cncn21)C1CCCCC1.O[C@@H](C[C@H]1c2sccc2-c2cncn21)C1CCCCC1.c1cc2c(s1)[C@@H](CCN1CCCCC1)n1cncc1-2.c1cc2c(s1)[C@H](CCN1CCCCC1)n1cncc1-2. The molecule has 2 aliphatic carbocycles. The standard InChI is InChI=1S/3C19H23N3OS.2C16H20N2OS.2C15H19N3S/c3*1-12-2-3-14-8-13(4-6-21(12)14)18(23)9-16-19-15(5-7-24-19)17-10-20-11-22(16)17;2*19-15(11-4-2-1-3-5-11)8-13-16-12(6-7-20-16)14-9-17-10-18(13)14;2*1-2-6-17(7-3-1)8-4-13-15-12(5-9-19-15)14-10-16-11-18(13)14/h3*5,7,10-11,13-14,16,18,23H,1-4,6,8-9H2;2*6-7,9-11,13,15,19H,1-5,8H2;2*5,9-11,13H,1-4,6-8H2/t13-,14+,16+,18-;13-,14+,16-,18+;13-,14+,16-,18-;13-,15+;13-,15-;2*13-/m1111010/s1. The lowest BCUT2D eigenvalue weighted by Crippen LogP contribution is -2.41. The van der Waals surface area contributed by atoms with Crippen molar-refractivity contribution in [2.24, 2.45) is 29.6 Å². The van der Waals surface area contributed by atoms with Gasteiger partial charge in [0.05, 0.1) is 200 Å². The quantitative estimate of drug-likeness (QED) is 0.0449. The molecule has 31 heteroatoms. The molecular weight excluding hydrogens is 2000 g/mol. The van der Waals surface area contributed by atoms with Crippen molar-refractivity contribution in [3.8, 4) is 78.8 Å². The number of rotatable bonds is 21. The summed E-state index contributed by atoms with van der Waals surface area (Å²) in [5, 5.41) is 69.4. The Morgan fingerprint density at radius 2 is 0.467 bits per heavy atom. The van der Waals surface area contributed by atoms with Crippen molar-refractivity contribution in [2.45, 2.75) is 316 Å². The zero-order chi connectivity index (χ0) is 101. The van der Waals surface area contributed by atoms with Gasteiger partial charge in [0.15, 0.2) is 0 Å². The maximum absolute atomic E-state index is 11.0. The second-order valence-electron chi connectivity index (χ2n) is 45.7. The van der Waals surface area contributed by atoms with Gasteiger partial charge in [-0.25, -0.2) is 34.9 Å². The number of fused-ring (bicyclic) bond motifs is 24. The van der Waals surface area contributed by atoms with E-state index in [1.807, 2.05) is 133 Å². The minimum Gasteiger partial charge on any atom is -0.393 e. The summed E-state index contributed by atoms with van der Waals surface area (Å²) in [6.07, 6.45) is 67.3. The van der Waals surface area contributed by atoms with Crippen molar-refractivity contribution < 1.29 is 25.5 Å². The number of allylic oxidation sites excluding steroid dienone is 3. The van der Waals surface area contributed by atoms with E-state index in [2.05, 4.69) is 191 Å². The van der Waals surface area contributed by atoms with Crippen LogP contribution in [0.25, 0.3) is 78.8 Å². The van der Waals surface area contributed by atoms with E-state index in [0.29, 0.717) is 71.9 Å². The van der Waals surface area contributed by atoms with Crippen LogP contribution in [0.3, 0.4) is 0 Å². The lowest BCUT2D eigenvalue weighted by Gasteiger charge is -2.39. The van der Waals surface area contributed by atoms with E-state index < -0.39 is 0 Å². The molecule has 29 heterocycles. The fourth-order valence-electron chi connectivity index (χ4n) is 29.3. The van der Waals surface area contributed by atoms with Gasteiger partial charge in [-0.3, -0.25) is 0 Å². The third kappa shape index (κ3) is 20.0. The molecule has 0 bridgehead atoms. The van der Waals surface area contributed by atoms with Crippen LogP contribution in [0.2, 0.25) is 0 Å². The molecule has 0 spiro atoms. The molecule has 0 aromatic carbocycles. The summed E-state index contributed by atoms with van der Waals surface area (Å²) in [6, 6.07) is 19.6. The van der Waals surface area contributed by atoms with E-state index in [1.165, 1.54) is 304 Å². The normalized spacial score (nSPS) is 26.1. The second kappa shape index (κ2) is 44.9. The van der Waals surface area contributed by atoms with E-state index in [4.69, 9.17) is 0 Å². The van der Waals surface area contributed by atoms with Crippen LogP contribution in [-0.4, -0.2) is 224 Å². The molecule has 31 rings (SSSR count). The Balaban J connectivity index is 0.0000000908. The van der Waals surface area contributed by atoms with Crippen LogP contribution in [0.1, 0.15) is 301 Å². The van der Waals surface area contributed by atoms with Crippen LogP contribution in [0.15, 0.2) is 205 Å². The van der Waals surface area contributed by atoms with Gasteiger partial charge >= 0.3 is 0 Å². The number of piperidine rings is 5. The first kappa shape index (κ1) is 101. The fourth-order valence-corrected chi connectivity index (χ4v) is 36.5. The summed E-state index contributed by atoms with van der Waals surface area (Å²) in [5.41, 5.74) is 21.9. The Morgan fingerprint density at radius 1 is 0.253 bits per heavy atom. The van der Waals surface area contributed by atoms with Crippen molar-refractivity contribution in [2.75, 3.05) is 58.9 Å². The molecule has 790 valence electrons. The lowest BCUT2D eigenvalue weighted by atomic mass is 9.83. The monoisotopic (exact) mass is 2150 g/mol. The molecule has 0 amide bonds. The fraction of sp³-hybridized carbons (Fsp3) is 0.538. The van der Waals surface area contributed by atoms with Crippen LogP contribution < -0.4 is 0 Å². The van der Waals surface area contributed by atoms with Gasteiger partial charge in [0.2, 0.25) is 0 Å². The summed E-state index contributed by atoms with van der Waals surface area (Å²) < 4.78 is 16.0. The van der Waals surface area contributed by atoms with E-state index in [-0.39, 0.29) is 48.6 Å². The van der Waals surface area contributed by atoms with Gasteiger partial charge in [0.1, 0.15) is 0 Å². The molecule has 17 aliphatic rings. The predicted molar refractivity (Wildman–Crippen MR) is 607 cm³/mol. The highest BCUT2D eigenvalue weighted by Gasteiger charge is 2.46. The van der Waals surface area contributed by atoms with Crippen LogP contribution in [0.5, 0.6) is 0 Å². The summed E-state index contributed by atoms with van der Waals surface area (Å²) in [7, 11) is 0. The zero-order valence-electron chi connectivity index (χ0n) is 86.5. The molecule has 0 unspecified atom stereocenters. The first-order valence-corrected chi connectivity index (χ1v) is 62.7. The highest BCUT2D eigenvalue weighted by Crippen LogP contribution is 2.55. The number of hydrogen-bond acceptors (Lipinski definition) is 24. The third-order valence-corrected chi connectivity index (χ3v) is 44.5. The molecule has 10 fully saturated rings. The number of imidazole rings is 7. The summed E-state index contributed by atoms with van der Waals surface area (Å²) in [5.74, 6) is 2.23.